The van der Waals surface area contributed by atoms with Crippen LogP contribution in [-0.4, -0.2) is 127 Å². The fourth-order valence-corrected chi connectivity index (χ4v) is 13.5. The number of benzene rings is 5. The summed E-state index contributed by atoms with van der Waals surface area (Å²) in [5.41, 5.74) is 8.98. The molecular weight excluding hydrogens is 1560 g/mol. The monoisotopic (exact) mass is 1710 g/mol. The summed E-state index contributed by atoms with van der Waals surface area (Å²) < 4.78 is 39.6. The maximum absolute atomic E-state index is 15.3. The third kappa shape index (κ3) is 40.9. The van der Waals surface area contributed by atoms with E-state index in [0.717, 1.165) is 161 Å². The van der Waals surface area contributed by atoms with E-state index in [1.165, 1.54) is 103 Å². The third-order valence-electron chi connectivity index (χ3n) is 20.7. The summed E-state index contributed by atoms with van der Waals surface area (Å²) in [4.78, 5) is 0. The average molecular weight is 1710 g/mol. The summed E-state index contributed by atoms with van der Waals surface area (Å²) in [5.74, 6) is -0.952. The van der Waals surface area contributed by atoms with Gasteiger partial charge in [0.25, 0.3) is 0 Å². The number of hydrogen-bond donors (Lipinski definition) is 2. The Morgan fingerprint density at radius 1 is 0.259 bits per heavy atom. The molecule has 5 aromatic rings. The Labute approximate surface area is 771 Å². The summed E-state index contributed by atoms with van der Waals surface area (Å²) in [7, 11) is 0. The first-order valence-electron chi connectivity index (χ1n) is 42.7. The van der Waals surface area contributed by atoms with Crippen LogP contribution in [-0.2, 0) is 81.2 Å². The zero-order valence-electron chi connectivity index (χ0n) is 77.6. The molecule has 5 aromatic carbocycles. The van der Waals surface area contributed by atoms with Gasteiger partial charge in [-0.3, -0.25) is 0 Å². The van der Waals surface area contributed by atoms with Crippen LogP contribution in [0.2, 0.25) is 0 Å². The van der Waals surface area contributed by atoms with Crippen LogP contribution in [0.3, 0.4) is 0 Å². The molecule has 0 amide bonds. The van der Waals surface area contributed by atoms with E-state index in [0.29, 0.717) is 22.3 Å². The van der Waals surface area contributed by atoms with Crippen molar-refractivity contribution in [2.24, 2.45) is 0 Å². The van der Waals surface area contributed by atoms with Gasteiger partial charge in [0, 0.05) is 129 Å². The first kappa shape index (κ1) is 112. The van der Waals surface area contributed by atoms with Crippen LogP contribution in [0, 0.1) is 0 Å². The fourth-order valence-electron chi connectivity index (χ4n) is 13.5. The van der Waals surface area contributed by atoms with Gasteiger partial charge < -0.3 is 58.3 Å². The molecule has 8 fully saturated rings. The van der Waals surface area contributed by atoms with Crippen LogP contribution < -0.4 is 69.3 Å². The SMILES string of the molecule is C1CCOC1.C1CCOC1.C1CCOC1.C1CCOC1.C1CCOC1.C1CCOC1.C1CCOC1.C1CCOC1.CC(C)(C)c1cc([C@@H](c2ccc([C@@H](c3cc(C(C)(C)C)cc(C(C)(C)C)c3[O-])c3cc(C(C)(C)C)cc(C(C)(C)C)c3O)cc2)c2cc(C(C)(C)C)cc(C(C)(C)C)c2O)c([O-])c(C(C)(C)C)c1.ClCCl.ClCCl.[Na+].[Na+]. The molecule has 0 aliphatic carbocycles. The Kier molecular flexibility index (Phi) is 53.6. The normalized spacial score (nSPS) is 17.1. The van der Waals surface area contributed by atoms with E-state index < -0.39 is 33.5 Å². The summed E-state index contributed by atoms with van der Waals surface area (Å²) in [5, 5.41) is 56.3. The van der Waals surface area contributed by atoms with Gasteiger partial charge in [0.15, 0.2) is 0 Å². The van der Waals surface area contributed by atoms with Crippen LogP contribution in [0.25, 0.3) is 0 Å². The standard InChI is InChI=1S/C64H90O4.8C4H8O.2CH2Cl2.2Na/c1-57(2,3)39-29-43(53(65)47(33-39)61(13,14)15)51(44-30-40(58(4,5)6)34-48(54(44)66)62(16,17)18)37-25-27-38(28-26-37)52(45-31-41(59(7,8)9)35-49(55(45)67)63(19,20)21)46-32-42(60(10,11)12)36-50(56(46)68)64(22,23)24;8*1-2-4-5-3-1;2*2-1-3;;/h25-36,51-52,65-68H,1-24H3;8*1-4H2;2*1H2;;/q;;;;;;;;;;;2*+1/p-2. The topological polar surface area (TPSA) is 160 Å². The smallest absolute Gasteiger partial charge is 0.872 e. The van der Waals surface area contributed by atoms with Gasteiger partial charge in [0.05, 0.1) is 10.7 Å². The van der Waals surface area contributed by atoms with Crippen molar-refractivity contribution in [1.82, 2.24) is 0 Å². The molecule has 13 rings (SSSR count). The zero-order chi connectivity index (χ0) is 85.7. The van der Waals surface area contributed by atoms with Gasteiger partial charge in [-0.2, -0.15) is 0 Å². The number of halogens is 4. The summed E-state index contributed by atoms with van der Waals surface area (Å²) in [6.45, 7) is 67.5. The molecule has 2 N–H and O–H groups in total. The zero-order valence-corrected chi connectivity index (χ0v) is 84.6. The van der Waals surface area contributed by atoms with Crippen LogP contribution in [0.15, 0.2) is 72.8 Å². The van der Waals surface area contributed by atoms with Crippen molar-refractivity contribution in [3.63, 3.8) is 0 Å². The minimum atomic E-state index is -0.640. The van der Waals surface area contributed by atoms with Gasteiger partial charge in [-0.25, -0.2) is 0 Å². The number of ether oxygens (including phenoxy) is 8. The number of phenols is 2. The maximum Gasteiger partial charge on any atom is 1.00 e. The van der Waals surface area contributed by atoms with E-state index >= 15 is 10.2 Å². The second-order valence-electron chi connectivity index (χ2n) is 39.1. The molecule has 8 saturated heterocycles. The number of phenolic OH excluding ortho intramolecular Hbond substituents is 2. The molecule has 8 aliphatic rings. The molecule has 0 radical (unpaired) electrons. The molecule has 2 atom stereocenters. The molecule has 0 aromatic heterocycles. The third-order valence-corrected chi connectivity index (χ3v) is 20.7. The van der Waals surface area contributed by atoms with Gasteiger partial charge in [0.1, 0.15) is 11.5 Å². The van der Waals surface area contributed by atoms with E-state index in [1.54, 1.807) is 0 Å². The van der Waals surface area contributed by atoms with Gasteiger partial charge in [-0.05, 0) is 213 Å². The summed E-state index contributed by atoms with van der Waals surface area (Å²) in [6.07, 6.45) is 20.4. The van der Waals surface area contributed by atoms with Crippen molar-refractivity contribution in [3.8, 4) is 23.0 Å². The molecule has 116 heavy (non-hydrogen) atoms. The van der Waals surface area contributed by atoms with Crippen LogP contribution in [0.4, 0.5) is 0 Å². The molecule has 0 spiro atoms. The van der Waals surface area contributed by atoms with Crippen molar-refractivity contribution < 1.29 is 117 Å². The molecular formula is C98H156Cl4Na2O12. The first-order chi connectivity index (χ1) is 53.3. The van der Waals surface area contributed by atoms with Gasteiger partial charge in [-0.1, -0.05) is 239 Å². The van der Waals surface area contributed by atoms with Gasteiger partial charge >= 0.3 is 59.1 Å². The number of alkyl halides is 4. The van der Waals surface area contributed by atoms with Crippen molar-refractivity contribution in [3.05, 3.63) is 151 Å². The predicted molar refractivity (Wildman–Crippen MR) is 479 cm³/mol. The van der Waals surface area contributed by atoms with E-state index in [2.05, 4.69) is 239 Å². The van der Waals surface area contributed by atoms with Crippen molar-refractivity contribution >= 4 is 46.4 Å². The number of rotatable bonds is 6. The fraction of sp³-hybridized carbons (Fsp3) is 0.694. The summed E-state index contributed by atoms with van der Waals surface area (Å²) >= 11 is 19.1. The largest absolute Gasteiger partial charge is 1.00 e. The second-order valence-corrected chi connectivity index (χ2v) is 40.7. The van der Waals surface area contributed by atoms with E-state index in [4.69, 9.17) is 84.3 Å². The van der Waals surface area contributed by atoms with Gasteiger partial charge in [0.2, 0.25) is 0 Å². The van der Waals surface area contributed by atoms with Crippen LogP contribution >= 0.6 is 46.4 Å². The van der Waals surface area contributed by atoms with Crippen molar-refractivity contribution in [1.29, 1.82) is 0 Å². The molecule has 0 bridgehead atoms. The molecule has 650 valence electrons. The minimum Gasteiger partial charge on any atom is -0.872 e. The summed E-state index contributed by atoms with van der Waals surface area (Å²) in [6, 6.07) is 25.2. The first-order valence-corrected chi connectivity index (χ1v) is 44.9. The Morgan fingerprint density at radius 3 is 0.534 bits per heavy atom. The molecule has 8 aliphatic heterocycles. The molecule has 8 heterocycles. The molecule has 12 nitrogen and oxygen atoms in total. The Balaban J connectivity index is 0.00000110. The molecule has 0 unspecified atom stereocenters. The van der Waals surface area contributed by atoms with E-state index in [-0.39, 0.29) is 114 Å². The van der Waals surface area contributed by atoms with Gasteiger partial charge in [-0.15, -0.1) is 57.9 Å². The number of aromatic hydroxyl groups is 2. The quantitative estimate of drug-likeness (QED) is 0.0942. The van der Waals surface area contributed by atoms with Crippen LogP contribution in [0.1, 0.15) is 359 Å². The van der Waals surface area contributed by atoms with Crippen LogP contribution in [0.5, 0.6) is 23.0 Å². The van der Waals surface area contributed by atoms with Crippen molar-refractivity contribution in [2.75, 3.05) is 116 Å². The second kappa shape index (κ2) is 55.5. The Hall–Kier alpha value is -1.86. The number of hydrogen-bond acceptors (Lipinski definition) is 12. The van der Waals surface area contributed by atoms with E-state index in [1.807, 2.05) is 0 Å². The maximum atomic E-state index is 15.3. The predicted octanol–water partition coefficient (Wildman–Crippen LogP) is 19.2. The average Bonchev–Trinajstić information content (AvgIpc) is 1.27. The Bertz CT molecular complexity index is 2930. The van der Waals surface area contributed by atoms with E-state index in [9.17, 15) is 10.2 Å². The molecule has 0 saturated carbocycles. The minimum absolute atomic E-state index is 0. The Morgan fingerprint density at radius 2 is 0.405 bits per heavy atom. The van der Waals surface area contributed by atoms with Crippen molar-refractivity contribution in [2.45, 2.75) is 324 Å². The molecule has 18 heteroatoms.